The first kappa shape index (κ1) is 22.1. The molecule has 1 saturated heterocycles. The van der Waals surface area contributed by atoms with E-state index in [0.717, 1.165) is 25.7 Å². The van der Waals surface area contributed by atoms with Gasteiger partial charge in [-0.15, -0.1) is 0 Å². The molecule has 1 N–H and O–H groups in total. The summed E-state index contributed by atoms with van der Waals surface area (Å²) in [5.74, 6) is 0.424. The van der Waals surface area contributed by atoms with Gasteiger partial charge in [0.15, 0.2) is 5.76 Å². The van der Waals surface area contributed by atoms with Crippen LogP contribution in [0.2, 0.25) is 0 Å². The Hall–Kier alpha value is -3.10. The molecule has 1 aliphatic rings. The average molecular weight is 455 g/mol. The van der Waals surface area contributed by atoms with Crippen molar-refractivity contribution in [3.05, 3.63) is 78.3 Å². The number of hydrogen-bond donors (Lipinski definition) is 1. The van der Waals surface area contributed by atoms with Gasteiger partial charge >= 0.3 is 0 Å². The van der Waals surface area contributed by atoms with Crippen LogP contribution in [0.3, 0.4) is 0 Å². The summed E-state index contributed by atoms with van der Waals surface area (Å²) in [6, 6.07) is 17.2. The minimum Gasteiger partial charge on any atom is -0.489 e. The average Bonchev–Trinajstić information content (AvgIpc) is 3.10. The minimum absolute atomic E-state index is 0.155. The lowest BCUT2D eigenvalue weighted by molar-refractivity contribution is 0.0993. The molecule has 1 aliphatic heterocycles. The lowest BCUT2D eigenvalue weighted by Gasteiger charge is -2.20. The van der Waals surface area contributed by atoms with Crippen molar-refractivity contribution in [3.63, 3.8) is 0 Å². The first-order chi connectivity index (χ1) is 15.5. The molecular formula is C24H26N2O5S. The number of nitrogens with zero attached hydrogens (tertiary/aromatic N) is 1. The minimum atomic E-state index is -3.53. The molecule has 8 heteroatoms. The second kappa shape index (κ2) is 10.0. The Balaban J connectivity index is 1.41. The largest absolute Gasteiger partial charge is 0.489 e. The van der Waals surface area contributed by atoms with E-state index in [1.54, 1.807) is 22.5 Å². The highest BCUT2D eigenvalue weighted by Crippen LogP contribution is 2.23. The normalized spacial score (nSPS) is 15.1. The van der Waals surface area contributed by atoms with Crippen molar-refractivity contribution in [2.24, 2.45) is 0 Å². The van der Waals surface area contributed by atoms with Gasteiger partial charge in [-0.1, -0.05) is 31.0 Å². The molecule has 0 aliphatic carbocycles. The monoisotopic (exact) mass is 454 g/mol. The standard InChI is InChI=1S/C24H26N2O5S/c27-24(23-19(14-17-30-23)18-31-21-8-4-3-5-9-21)25-20-10-12-22(13-11-20)32(28,29)26-15-6-1-2-7-16-26/h3-5,8-14,17H,1-2,6-7,15-16,18H2,(H,25,27). The molecule has 0 spiro atoms. The van der Waals surface area contributed by atoms with E-state index in [1.807, 2.05) is 30.3 Å². The quantitative estimate of drug-likeness (QED) is 0.560. The lowest BCUT2D eigenvalue weighted by Crippen LogP contribution is -2.31. The van der Waals surface area contributed by atoms with E-state index in [0.29, 0.717) is 30.1 Å². The Morgan fingerprint density at radius 1 is 0.938 bits per heavy atom. The van der Waals surface area contributed by atoms with Gasteiger partial charge in [-0.25, -0.2) is 8.42 Å². The van der Waals surface area contributed by atoms with E-state index in [-0.39, 0.29) is 17.3 Å². The number of sulfonamides is 1. The van der Waals surface area contributed by atoms with Gasteiger partial charge in [-0.3, -0.25) is 4.79 Å². The van der Waals surface area contributed by atoms with Gasteiger partial charge in [-0.05, 0) is 55.3 Å². The van der Waals surface area contributed by atoms with Gasteiger partial charge in [0.25, 0.3) is 5.91 Å². The third kappa shape index (κ3) is 5.20. The van der Waals surface area contributed by atoms with Crippen LogP contribution in [0.4, 0.5) is 5.69 Å². The molecule has 4 rings (SSSR count). The molecule has 0 saturated carbocycles. The van der Waals surface area contributed by atoms with E-state index in [4.69, 9.17) is 9.15 Å². The number of carbonyl (C=O) groups is 1. The van der Waals surface area contributed by atoms with Gasteiger partial charge in [0, 0.05) is 24.3 Å². The number of nitrogens with one attached hydrogen (secondary N) is 1. The van der Waals surface area contributed by atoms with E-state index < -0.39 is 15.9 Å². The molecule has 0 atom stereocenters. The third-order valence-electron chi connectivity index (χ3n) is 5.41. The van der Waals surface area contributed by atoms with Crippen LogP contribution in [0.15, 0.2) is 76.2 Å². The summed E-state index contributed by atoms with van der Waals surface area (Å²) in [4.78, 5) is 12.9. The summed E-state index contributed by atoms with van der Waals surface area (Å²) in [6.07, 6.45) is 5.32. The first-order valence-electron chi connectivity index (χ1n) is 10.7. The molecular weight excluding hydrogens is 428 g/mol. The molecule has 168 valence electrons. The summed E-state index contributed by atoms with van der Waals surface area (Å²) in [5, 5.41) is 2.75. The summed E-state index contributed by atoms with van der Waals surface area (Å²) in [7, 11) is -3.53. The van der Waals surface area contributed by atoms with Crippen molar-refractivity contribution in [1.82, 2.24) is 4.31 Å². The predicted molar refractivity (Wildman–Crippen MR) is 121 cm³/mol. The van der Waals surface area contributed by atoms with Crippen LogP contribution in [0.1, 0.15) is 41.8 Å². The molecule has 2 heterocycles. The zero-order valence-corrected chi connectivity index (χ0v) is 18.5. The summed E-state index contributed by atoms with van der Waals surface area (Å²) < 4.78 is 38.4. The molecule has 1 fully saturated rings. The Morgan fingerprint density at radius 3 is 2.31 bits per heavy atom. The highest BCUT2D eigenvalue weighted by Gasteiger charge is 2.25. The van der Waals surface area contributed by atoms with E-state index in [9.17, 15) is 13.2 Å². The maximum absolute atomic E-state index is 12.9. The fraction of sp³-hybridized carbons (Fsp3) is 0.292. The third-order valence-corrected chi connectivity index (χ3v) is 7.32. The molecule has 0 bridgehead atoms. The summed E-state index contributed by atoms with van der Waals surface area (Å²) in [6.45, 7) is 1.29. The van der Waals surface area contributed by atoms with E-state index >= 15 is 0 Å². The zero-order chi connectivity index (χ0) is 22.4. The van der Waals surface area contributed by atoms with Gasteiger partial charge < -0.3 is 14.5 Å². The second-order valence-electron chi connectivity index (χ2n) is 7.67. The highest BCUT2D eigenvalue weighted by molar-refractivity contribution is 7.89. The van der Waals surface area contributed by atoms with Crippen LogP contribution >= 0.6 is 0 Å². The molecule has 1 amide bonds. The summed E-state index contributed by atoms with van der Waals surface area (Å²) in [5.41, 5.74) is 1.10. The second-order valence-corrected chi connectivity index (χ2v) is 9.61. The molecule has 2 aromatic carbocycles. The molecule has 0 unspecified atom stereocenters. The number of rotatable bonds is 7. The molecule has 3 aromatic rings. The first-order valence-corrected chi connectivity index (χ1v) is 12.1. The number of anilines is 1. The molecule has 32 heavy (non-hydrogen) atoms. The highest BCUT2D eigenvalue weighted by atomic mass is 32.2. The zero-order valence-electron chi connectivity index (χ0n) is 17.7. The van der Waals surface area contributed by atoms with Crippen LogP contribution in [0.25, 0.3) is 0 Å². The van der Waals surface area contributed by atoms with Gasteiger partial charge in [0.05, 0.1) is 11.2 Å². The Bertz CT molecular complexity index is 1130. The number of benzene rings is 2. The van der Waals surface area contributed by atoms with E-state index in [1.165, 1.54) is 18.4 Å². The lowest BCUT2D eigenvalue weighted by atomic mass is 10.2. The van der Waals surface area contributed by atoms with Crippen LogP contribution in [-0.4, -0.2) is 31.7 Å². The van der Waals surface area contributed by atoms with Crippen molar-refractivity contribution in [2.45, 2.75) is 37.2 Å². The Kier molecular flexibility index (Phi) is 6.92. The van der Waals surface area contributed by atoms with Crippen molar-refractivity contribution in [3.8, 4) is 5.75 Å². The predicted octanol–water partition coefficient (Wildman–Crippen LogP) is 4.68. The van der Waals surface area contributed by atoms with Gasteiger partial charge in [0.2, 0.25) is 10.0 Å². The summed E-state index contributed by atoms with van der Waals surface area (Å²) >= 11 is 0. The number of furan rings is 1. The Labute approximate surface area is 188 Å². The van der Waals surface area contributed by atoms with Crippen LogP contribution in [0, 0.1) is 0 Å². The number of hydrogen-bond acceptors (Lipinski definition) is 5. The Morgan fingerprint density at radius 2 is 1.62 bits per heavy atom. The number of amides is 1. The van der Waals surface area contributed by atoms with Crippen LogP contribution in [0.5, 0.6) is 5.75 Å². The molecule has 1 aromatic heterocycles. The van der Waals surface area contributed by atoms with Crippen molar-refractivity contribution in [1.29, 1.82) is 0 Å². The fourth-order valence-corrected chi connectivity index (χ4v) is 5.17. The maximum Gasteiger partial charge on any atom is 0.291 e. The number of ether oxygens (including phenoxy) is 1. The maximum atomic E-state index is 12.9. The van der Waals surface area contributed by atoms with Crippen LogP contribution < -0.4 is 10.1 Å². The van der Waals surface area contributed by atoms with Gasteiger partial charge in [-0.2, -0.15) is 4.31 Å². The topological polar surface area (TPSA) is 88.9 Å². The van der Waals surface area contributed by atoms with Gasteiger partial charge in [0.1, 0.15) is 12.4 Å². The van der Waals surface area contributed by atoms with Crippen molar-refractivity contribution >= 4 is 21.6 Å². The van der Waals surface area contributed by atoms with Crippen molar-refractivity contribution < 1.29 is 22.4 Å². The number of para-hydroxylation sites is 1. The van der Waals surface area contributed by atoms with Crippen molar-refractivity contribution in [2.75, 3.05) is 18.4 Å². The molecule has 0 radical (unpaired) electrons. The smallest absolute Gasteiger partial charge is 0.291 e. The van der Waals surface area contributed by atoms with E-state index in [2.05, 4.69) is 5.32 Å². The fourth-order valence-electron chi connectivity index (χ4n) is 3.66. The molecule has 7 nitrogen and oxygen atoms in total. The number of carbonyl (C=O) groups excluding carboxylic acids is 1. The SMILES string of the molecule is O=C(Nc1ccc(S(=O)(=O)N2CCCCCC2)cc1)c1occc1COc1ccccc1. The van der Waals surface area contributed by atoms with Crippen LogP contribution in [-0.2, 0) is 16.6 Å².